The molecule has 0 radical (unpaired) electrons. The summed E-state index contributed by atoms with van der Waals surface area (Å²) in [7, 11) is -3.86. The van der Waals surface area contributed by atoms with Crippen LogP contribution in [0.4, 0.5) is 5.69 Å². The lowest BCUT2D eigenvalue weighted by atomic mass is 10.0. The van der Waals surface area contributed by atoms with E-state index in [2.05, 4.69) is 14.7 Å². The number of fused-ring (bicyclic) bond motifs is 4. The molecule has 0 aliphatic heterocycles. The van der Waals surface area contributed by atoms with E-state index in [1.54, 1.807) is 42.6 Å². The first-order chi connectivity index (χ1) is 15.8. The van der Waals surface area contributed by atoms with Crippen molar-refractivity contribution in [2.45, 2.75) is 17.7 Å². The van der Waals surface area contributed by atoms with Crippen LogP contribution in [-0.4, -0.2) is 29.5 Å². The van der Waals surface area contributed by atoms with Gasteiger partial charge in [-0.05, 0) is 53.1 Å². The number of anilines is 1. The molecule has 0 fully saturated rings. The average Bonchev–Trinajstić information content (AvgIpc) is 3.23. The predicted octanol–water partition coefficient (Wildman–Crippen LogP) is 3.98. The zero-order valence-electron chi connectivity index (χ0n) is 17.3. The Labute approximate surface area is 187 Å². The molecular formula is C24H19N3O5S. The lowest BCUT2D eigenvalue weighted by Gasteiger charge is -2.11. The van der Waals surface area contributed by atoms with Crippen molar-refractivity contribution in [1.82, 2.24) is 9.97 Å². The first kappa shape index (κ1) is 20.8. The van der Waals surface area contributed by atoms with Crippen LogP contribution in [0.15, 0.2) is 76.6 Å². The Morgan fingerprint density at radius 1 is 1.00 bits per heavy atom. The molecule has 2 heterocycles. The zero-order chi connectivity index (χ0) is 23.2. The number of aromatic amines is 2. The van der Waals surface area contributed by atoms with Gasteiger partial charge in [0.05, 0.1) is 4.90 Å². The largest absolute Gasteiger partial charge is 0.481 e. The minimum absolute atomic E-state index is 0.0878. The van der Waals surface area contributed by atoms with Gasteiger partial charge in [0.2, 0.25) is 0 Å². The van der Waals surface area contributed by atoms with Gasteiger partial charge in [0.25, 0.3) is 15.6 Å². The fraction of sp³-hybridized carbons (Fsp3) is 0.0833. The molecule has 0 amide bonds. The number of aryl methyl sites for hydroxylation is 1. The number of hydrogen-bond acceptors (Lipinski definition) is 4. The SMILES string of the molecule is O=C(O)CCc1c[nH]c2c(=O)[nH]c3ccc(NS(=O)(=O)c4ccc5ccccc5c4)cc3c12. The molecule has 8 nitrogen and oxygen atoms in total. The number of carbonyl (C=O) groups is 1. The molecule has 0 spiro atoms. The summed E-state index contributed by atoms with van der Waals surface area (Å²) >= 11 is 0. The number of H-pyrrole nitrogens is 2. The smallest absolute Gasteiger partial charge is 0.303 e. The molecule has 0 atom stereocenters. The number of carboxylic acid groups (broad SMARTS) is 1. The Kier molecular flexibility index (Phi) is 4.90. The van der Waals surface area contributed by atoms with Crippen LogP contribution >= 0.6 is 0 Å². The molecule has 5 rings (SSSR count). The monoisotopic (exact) mass is 461 g/mol. The van der Waals surface area contributed by atoms with Gasteiger partial charge in [-0.3, -0.25) is 14.3 Å². The van der Waals surface area contributed by atoms with Gasteiger partial charge in [-0.25, -0.2) is 8.42 Å². The van der Waals surface area contributed by atoms with Crippen LogP contribution in [0.2, 0.25) is 0 Å². The molecule has 4 N–H and O–H groups in total. The molecular weight excluding hydrogens is 442 g/mol. The van der Waals surface area contributed by atoms with Crippen molar-refractivity contribution in [2.75, 3.05) is 4.72 Å². The number of nitrogens with one attached hydrogen (secondary N) is 3. The summed E-state index contributed by atoms with van der Waals surface area (Å²) in [6.07, 6.45) is 1.77. The van der Waals surface area contributed by atoms with Gasteiger partial charge < -0.3 is 15.1 Å². The van der Waals surface area contributed by atoms with Crippen LogP contribution in [0.25, 0.3) is 32.6 Å². The molecule has 2 aromatic heterocycles. The van der Waals surface area contributed by atoms with E-state index in [0.717, 1.165) is 10.8 Å². The Morgan fingerprint density at radius 2 is 1.79 bits per heavy atom. The third kappa shape index (κ3) is 3.83. The van der Waals surface area contributed by atoms with Crippen molar-refractivity contribution in [3.8, 4) is 0 Å². The van der Waals surface area contributed by atoms with Crippen LogP contribution < -0.4 is 10.3 Å². The second kappa shape index (κ2) is 7.79. The Balaban J connectivity index is 1.58. The highest BCUT2D eigenvalue weighted by atomic mass is 32.2. The summed E-state index contributed by atoms with van der Waals surface area (Å²) in [5.74, 6) is -0.942. The quantitative estimate of drug-likeness (QED) is 0.304. The number of pyridine rings is 1. The summed E-state index contributed by atoms with van der Waals surface area (Å²) in [4.78, 5) is 29.3. The summed E-state index contributed by atoms with van der Waals surface area (Å²) < 4.78 is 28.7. The summed E-state index contributed by atoms with van der Waals surface area (Å²) in [5.41, 5.74) is 1.52. The van der Waals surface area contributed by atoms with Gasteiger partial charge >= 0.3 is 5.97 Å². The minimum Gasteiger partial charge on any atom is -0.481 e. The second-order valence-corrected chi connectivity index (χ2v) is 9.47. The second-order valence-electron chi connectivity index (χ2n) is 7.79. The molecule has 33 heavy (non-hydrogen) atoms. The minimum atomic E-state index is -3.86. The number of carboxylic acids is 1. The topological polar surface area (TPSA) is 132 Å². The maximum Gasteiger partial charge on any atom is 0.303 e. The fourth-order valence-electron chi connectivity index (χ4n) is 4.05. The molecule has 0 aliphatic rings. The molecule has 3 aromatic carbocycles. The normalized spacial score (nSPS) is 11.9. The van der Waals surface area contributed by atoms with Crippen LogP contribution in [0.5, 0.6) is 0 Å². The average molecular weight is 461 g/mol. The number of aromatic nitrogens is 2. The van der Waals surface area contributed by atoms with Gasteiger partial charge in [-0.2, -0.15) is 0 Å². The van der Waals surface area contributed by atoms with Crippen molar-refractivity contribution < 1.29 is 18.3 Å². The van der Waals surface area contributed by atoms with Gasteiger partial charge in [-0.15, -0.1) is 0 Å². The van der Waals surface area contributed by atoms with E-state index in [9.17, 15) is 18.0 Å². The standard InChI is InChI=1S/C24H19N3O5S/c28-21(29)10-6-16-13-25-23-22(16)19-12-17(7-9-20(19)26-24(23)30)27-33(31,32)18-8-5-14-3-1-2-4-15(14)11-18/h1-5,7-9,11-13,25,27H,6,10H2,(H,26,30)(H,28,29). The molecule has 5 aromatic rings. The van der Waals surface area contributed by atoms with Crippen LogP contribution in [0.1, 0.15) is 12.0 Å². The first-order valence-electron chi connectivity index (χ1n) is 10.2. The highest BCUT2D eigenvalue weighted by Gasteiger charge is 2.17. The molecule has 0 unspecified atom stereocenters. The third-order valence-electron chi connectivity index (χ3n) is 5.62. The van der Waals surface area contributed by atoms with Crippen molar-refractivity contribution in [1.29, 1.82) is 0 Å². The fourth-order valence-corrected chi connectivity index (χ4v) is 5.13. The molecule has 0 saturated carbocycles. The van der Waals surface area contributed by atoms with Gasteiger partial charge in [0, 0.05) is 34.6 Å². The van der Waals surface area contributed by atoms with Gasteiger partial charge in [-0.1, -0.05) is 30.3 Å². The maximum absolute atomic E-state index is 13.1. The number of hydrogen-bond donors (Lipinski definition) is 4. The number of rotatable bonds is 6. The highest BCUT2D eigenvalue weighted by Crippen LogP contribution is 2.29. The maximum atomic E-state index is 13.1. The Hall–Kier alpha value is -4.11. The molecule has 0 aliphatic carbocycles. The summed E-state index contributed by atoms with van der Waals surface area (Å²) in [6, 6.07) is 17.3. The highest BCUT2D eigenvalue weighted by molar-refractivity contribution is 7.92. The molecule has 0 saturated heterocycles. The lowest BCUT2D eigenvalue weighted by Crippen LogP contribution is -2.13. The number of benzene rings is 3. The number of aliphatic carboxylic acids is 1. The Bertz CT molecular complexity index is 1720. The zero-order valence-corrected chi connectivity index (χ0v) is 18.1. The third-order valence-corrected chi connectivity index (χ3v) is 7.00. The summed E-state index contributed by atoms with van der Waals surface area (Å²) in [6.45, 7) is 0. The molecule has 166 valence electrons. The van der Waals surface area contributed by atoms with Crippen LogP contribution in [0, 0.1) is 0 Å². The molecule has 9 heteroatoms. The van der Waals surface area contributed by atoms with E-state index < -0.39 is 16.0 Å². The van der Waals surface area contributed by atoms with Crippen molar-refractivity contribution in [3.05, 3.63) is 82.8 Å². The lowest BCUT2D eigenvalue weighted by molar-refractivity contribution is -0.136. The Morgan fingerprint density at radius 3 is 2.58 bits per heavy atom. The van der Waals surface area contributed by atoms with E-state index in [1.165, 1.54) is 0 Å². The van der Waals surface area contributed by atoms with E-state index in [1.807, 2.05) is 24.3 Å². The van der Waals surface area contributed by atoms with E-state index in [0.29, 0.717) is 33.1 Å². The van der Waals surface area contributed by atoms with Crippen LogP contribution in [0.3, 0.4) is 0 Å². The van der Waals surface area contributed by atoms with Crippen molar-refractivity contribution >= 4 is 54.3 Å². The first-order valence-corrected chi connectivity index (χ1v) is 11.7. The van der Waals surface area contributed by atoms with Gasteiger partial charge in [0.1, 0.15) is 5.52 Å². The van der Waals surface area contributed by atoms with Crippen molar-refractivity contribution in [2.24, 2.45) is 0 Å². The van der Waals surface area contributed by atoms with Gasteiger partial charge in [0.15, 0.2) is 0 Å². The predicted molar refractivity (Wildman–Crippen MR) is 127 cm³/mol. The number of sulfonamides is 1. The van der Waals surface area contributed by atoms with E-state index >= 15 is 0 Å². The van der Waals surface area contributed by atoms with E-state index in [-0.39, 0.29) is 23.3 Å². The van der Waals surface area contributed by atoms with Crippen molar-refractivity contribution in [3.63, 3.8) is 0 Å². The molecule has 0 bridgehead atoms. The van der Waals surface area contributed by atoms with Crippen LogP contribution in [-0.2, 0) is 21.2 Å². The summed E-state index contributed by atoms with van der Waals surface area (Å²) in [5, 5.41) is 12.0. The van der Waals surface area contributed by atoms with E-state index in [4.69, 9.17) is 5.11 Å².